The van der Waals surface area contributed by atoms with Crippen LogP contribution in [0.5, 0.6) is 0 Å². The molecule has 2 aromatic rings. The Balaban J connectivity index is 1.56. The predicted octanol–water partition coefficient (Wildman–Crippen LogP) is 4.12. The second kappa shape index (κ2) is 7.59. The van der Waals surface area contributed by atoms with Crippen LogP contribution < -0.4 is 11.1 Å². The summed E-state index contributed by atoms with van der Waals surface area (Å²) in [5, 5.41) is 2.91. The van der Waals surface area contributed by atoms with Crippen LogP contribution in [0.3, 0.4) is 0 Å². The standard InChI is InChI=1S/C19H22F2N4/c1-12-17(21)10-11-18(23-12)25-19(22)24-16-8-4-14(5-9-16)13-2-6-15(20)7-3-13/h2-3,6-7,10-11,14,16H,4-5,8-9H2,1H3,(H3,22,23,24,25). The number of nitrogens with zero attached hydrogens (tertiary/aromatic N) is 2. The van der Waals surface area contributed by atoms with E-state index in [1.54, 1.807) is 6.92 Å². The van der Waals surface area contributed by atoms with Gasteiger partial charge in [0.1, 0.15) is 17.5 Å². The van der Waals surface area contributed by atoms with E-state index in [9.17, 15) is 8.78 Å². The van der Waals surface area contributed by atoms with Crippen molar-refractivity contribution in [3.05, 3.63) is 59.3 Å². The maximum Gasteiger partial charge on any atom is 0.194 e. The van der Waals surface area contributed by atoms with Gasteiger partial charge < -0.3 is 11.1 Å². The van der Waals surface area contributed by atoms with Gasteiger partial charge in [-0.15, -0.1) is 0 Å². The minimum absolute atomic E-state index is 0.158. The molecule has 4 nitrogen and oxygen atoms in total. The average Bonchev–Trinajstić information content (AvgIpc) is 2.60. The smallest absolute Gasteiger partial charge is 0.194 e. The second-order valence-corrected chi connectivity index (χ2v) is 6.46. The van der Waals surface area contributed by atoms with Gasteiger partial charge in [-0.05, 0) is 68.4 Å². The van der Waals surface area contributed by atoms with E-state index in [1.165, 1.54) is 29.8 Å². The van der Waals surface area contributed by atoms with Crippen molar-refractivity contribution < 1.29 is 8.78 Å². The first kappa shape index (κ1) is 17.3. The van der Waals surface area contributed by atoms with E-state index in [0.717, 1.165) is 25.7 Å². The molecule has 3 N–H and O–H groups in total. The van der Waals surface area contributed by atoms with Crippen LogP contribution in [-0.2, 0) is 0 Å². The molecule has 0 bridgehead atoms. The number of pyridine rings is 1. The first-order valence-corrected chi connectivity index (χ1v) is 8.50. The summed E-state index contributed by atoms with van der Waals surface area (Å²) in [6.45, 7) is 1.60. The number of halogens is 2. The van der Waals surface area contributed by atoms with Gasteiger partial charge in [0.25, 0.3) is 0 Å². The molecule has 1 saturated carbocycles. The molecule has 0 amide bonds. The van der Waals surface area contributed by atoms with Crippen molar-refractivity contribution in [2.45, 2.75) is 44.6 Å². The molecule has 132 valence electrons. The van der Waals surface area contributed by atoms with Crippen LogP contribution in [0.1, 0.15) is 42.9 Å². The highest BCUT2D eigenvalue weighted by Crippen LogP contribution is 2.34. The van der Waals surface area contributed by atoms with Crippen LogP contribution in [0.15, 0.2) is 41.4 Å². The zero-order valence-corrected chi connectivity index (χ0v) is 14.2. The summed E-state index contributed by atoms with van der Waals surface area (Å²) in [7, 11) is 0. The zero-order valence-electron chi connectivity index (χ0n) is 14.2. The minimum Gasteiger partial charge on any atom is -0.370 e. The largest absolute Gasteiger partial charge is 0.370 e. The third kappa shape index (κ3) is 4.53. The molecule has 0 aliphatic heterocycles. The third-order valence-electron chi connectivity index (χ3n) is 4.64. The lowest BCUT2D eigenvalue weighted by molar-refractivity contribution is 0.397. The van der Waals surface area contributed by atoms with Crippen LogP contribution in [-0.4, -0.2) is 17.0 Å². The number of aromatic nitrogens is 1. The Morgan fingerprint density at radius 1 is 1.08 bits per heavy atom. The normalized spacial score (nSPS) is 21.2. The molecular formula is C19H22F2N4. The summed E-state index contributed by atoms with van der Waals surface area (Å²) < 4.78 is 26.3. The summed E-state index contributed by atoms with van der Waals surface area (Å²) in [4.78, 5) is 8.60. The predicted molar refractivity (Wildman–Crippen MR) is 95.6 cm³/mol. The molecule has 0 atom stereocenters. The van der Waals surface area contributed by atoms with Crippen LogP contribution in [0.2, 0.25) is 0 Å². The second-order valence-electron chi connectivity index (χ2n) is 6.46. The van der Waals surface area contributed by atoms with Gasteiger partial charge in [-0.1, -0.05) is 12.1 Å². The molecule has 1 heterocycles. The lowest BCUT2D eigenvalue weighted by Gasteiger charge is -2.26. The molecule has 1 aromatic carbocycles. The van der Waals surface area contributed by atoms with Gasteiger partial charge in [-0.2, -0.15) is 0 Å². The van der Waals surface area contributed by atoms with Gasteiger partial charge in [0.2, 0.25) is 0 Å². The average molecular weight is 344 g/mol. The monoisotopic (exact) mass is 344 g/mol. The topological polar surface area (TPSA) is 63.3 Å². The lowest BCUT2D eigenvalue weighted by Crippen LogP contribution is -2.27. The molecule has 0 unspecified atom stereocenters. The quantitative estimate of drug-likeness (QED) is 0.650. The van der Waals surface area contributed by atoms with Gasteiger partial charge in [0.15, 0.2) is 5.96 Å². The fraction of sp³-hybridized carbons (Fsp3) is 0.368. The number of nitrogens with one attached hydrogen (secondary N) is 1. The Hall–Kier alpha value is -2.50. The summed E-state index contributed by atoms with van der Waals surface area (Å²) in [6.07, 6.45) is 3.86. The maximum atomic E-state index is 13.2. The van der Waals surface area contributed by atoms with Gasteiger partial charge in [-0.3, -0.25) is 0 Å². The fourth-order valence-corrected chi connectivity index (χ4v) is 3.25. The number of rotatable bonds is 3. The van der Waals surface area contributed by atoms with Gasteiger partial charge in [0.05, 0.1) is 11.7 Å². The lowest BCUT2D eigenvalue weighted by atomic mass is 9.82. The number of benzene rings is 1. The zero-order chi connectivity index (χ0) is 17.8. The molecule has 1 aliphatic rings. The fourth-order valence-electron chi connectivity index (χ4n) is 3.25. The van der Waals surface area contributed by atoms with Crippen LogP contribution in [0.25, 0.3) is 0 Å². The van der Waals surface area contributed by atoms with Crippen LogP contribution >= 0.6 is 0 Å². The maximum absolute atomic E-state index is 13.2. The van der Waals surface area contributed by atoms with E-state index in [1.807, 2.05) is 12.1 Å². The van der Waals surface area contributed by atoms with E-state index in [-0.39, 0.29) is 17.7 Å². The SMILES string of the molecule is Cc1nc(NC(N)=NC2CCC(c3ccc(F)cc3)CC2)ccc1F. The first-order chi connectivity index (χ1) is 12.0. The Labute approximate surface area is 146 Å². The van der Waals surface area contributed by atoms with Crippen molar-refractivity contribution in [1.82, 2.24) is 4.98 Å². The molecular weight excluding hydrogens is 322 g/mol. The number of aliphatic imine (C=N–C) groups is 1. The number of aryl methyl sites for hydroxylation is 1. The number of anilines is 1. The highest BCUT2D eigenvalue weighted by molar-refractivity contribution is 5.91. The molecule has 0 saturated heterocycles. The van der Waals surface area contributed by atoms with E-state index in [4.69, 9.17) is 5.73 Å². The van der Waals surface area contributed by atoms with Crippen molar-refractivity contribution in [3.8, 4) is 0 Å². The highest BCUT2D eigenvalue weighted by Gasteiger charge is 2.22. The molecule has 0 radical (unpaired) electrons. The van der Waals surface area contributed by atoms with E-state index in [0.29, 0.717) is 23.4 Å². The minimum atomic E-state index is -0.347. The van der Waals surface area contributed by atoms with Gasteiger partial charge in [-0.25, -0.2) is 18.8 Å². The first-order valence-electron chi connectivity index (χ1n) is 8.50. The number of guanidine groups is 1. The summed E-state index contributed by atoms with van der Waals surface area (Å²) in [5.74, 6) is 0.678. The van der Waals surface area contributed by atoms with Crippen molar-refractivity contribution in [2.75, 3.05) is 5.32 Å². The number of hydrogen-bond acceptors (Lipinski definition) is 2. The van der Waals surface area contributed by atoms with E-state index < -0.39 is 0 Å². The third-order valence-corrected chi connectivity index (χ3v) is 4.64. The molecule has 1 fully saturated rings. The number of hydrogen-bond donors (Lipinski definition) is 2. The molecule has 6 heteroatoms. The van der Waals surface area contributed by atoms with Crippen molar-refractivity contribution >= 4 is 11.8 Å². The molecule has 1 aromatic heterocycles. The van der Waals surface area contributed by atoms with Gasteiger partial charge >= 0.3 is 0 Å². The summed E-state index contributed by atoms with van der Waals surface area (Å²) >= 11 is 0. The van der Waals surface area contributed by atoms with E-state index >= 15 is 0 Å². The summed E-state index contributed by atoms with van der Waals surface area (Å²) in [6, 6.07) is 9.80. The molecule has 1 aliphatic carbocycles. The highest BCUT2D eigenvalue weighted by atomic mass is 19.1. The Bertz CT molecular complexity index is 751. The number of nitrogens with two attached hydrogens (primary N) is 1. The van der Waals surface area contributed by atoms with Crippen molar-refractivity contribution in [3.63, 3.8) is 0 Å². The Morgan fingerprint density at radius 3 is 2.40 bits per heavy atom. The van der Waals surface area contributed by atoms with Crippen LogP contribution in [0.4, 0.5) is 14.6 Å². The molecule has 0 spiro atoms. The summed E-state index contributed by atoms with van der Waals surface area (Å²) in [5.41, 5.74) is 7.45. The van der Waals surface area contributed by atoms with Crippen LogP contribution in [0, 0.1) is 18.6 Å². The van der Waals surface area contributed by atoms with E-state index in [2.05, 4.69) is 15.3 Å². The Kier molecular flexibility index (Phi) is 5.26. The molecule has 3 rings (SSSR count). The van der Waals surface area contributed by atoms with Gasteiger partial charge in [0, 0.05) is 0 Å². The van der Waals surface area contributed by atoms with Crippen molar-refractivity contribution in [1.29, 1.82) is 0 Å². The Morgan fingerprint density at radius 2 is 1.76 bits per heavy atom. The molecule has 25 heavy (non-hydrogen) atoms. The van der Waals surface area contributed by atoms with Crippen molar-refractivity contribution in [2.24, 2.45) is 10.7 Å².